The number of sulfonamides is 1. The van der Waals surface area contributed by atoms with E-state index in [1.54, 1.807) is 0 Å². The van der Waals surface area contributed by atoms with Crippen molar-refractivity contribution in [2.24, 2.45) is 0 Å². The van der Waals surface area contributed by atoms with E-state index in [4.69, 9.17) is 11.6 Å². The zero-order valence-corrected chi connectivity index (χ0v) is 16.6. The molecule has 11 heteroatoms. The van der Waals surface area contributed by atoms with E-state index in [2.05, 4.69) is 20.2 Å². The summed E-state index contributed by atoms with van der Waals surface area (Å²) in [5.74, 6) is -1.09. The van der Waals surface area contributed by atoms with Crippen molar-refractivity contribution in [3.8, 4) is 0 Å². The lowest BCUT2D eigenvalue weighted by Crippen LogP contribution is -2.25. The maximum atomic E-state index is 13.2. The van der Waals surface area contributed by atoms with Crippen molar-refractivity contribution in [1.29, 1.82) is 0 Å². The van der Waals surface area contributed by atoms with Crippen LogP contribution in [0.4, 0.5) is 4.39 Å². The molecule has 0 saturated heterocycles. The molecule has 0 fully saturated rings. The Balaban J connectivity index is 1.59. The highest BCUT2D eigenvalue weighted by atomic mass is 35.5. The number of nitrogens with zero attached hydrogens (tertiary/aromatic N) is 2. The lowest BCUT2D eigenvalue weighted by molar-refractivity contribution is 0.0945. The van der Waals surface area contributed by atoms with Crippen molar-refractivity contribution < 1.29 is 17.6 Å². The lowest BCUT2D eigenvalue weighted by Gasteiger charge is -2.07. The van der Waals surface area contributed by atoms with Crippen LogP contribution >= 0.6 is 22.9 Å². The fourth-order valence-corrected chi connectivity index (χ4v) is 4.06. The smallest absolute Gasteiger partial charge is 0.272 e. The molecule has 0 radical (unpaired) electrons. The Bertz CT molecular complexity index is 1070. The number of hydrogen-bond donors (Lipinski definition) is 2. The standard InChI is InChI=1S/C17H14ClFN4O3S2/c18-14-8-13(4-5-15(14)19)28(25,26)21-9-11-3-6-16(23-22-11)17(24)20-10-12-2-1-7-27-12/h1-8,21H,9-10H2,(H,20,24). The van der Waals surface area contributed by atoms with Crippen LogP contribution in [0.2, 0.25) is 5.02 Å². The quantitative estimate of drug-likeness (QED) is 0.588. The Labute approximate surface area is 169 Å². The molecule has 0 aliphatic rings. The van der Waals surface area contributed by atoms with Gasteiger partial charge in [-0.3, -0.25) is 4.79 Å². The van der Waals surface area contributed by atoms with Crippen molar-refractivity contribution in [1.82, 2.24) is 20.2 Å². The summed E-state index contributed by atoms with van der Waals surface area (Å²) in [6.07, 6.45) is 0. The second kappa shape index (κ2) is 8.74. The number of halogens is 2. The van der Waals surface area contributed by atoms with E-state index in [-0.39, 0.29) is 28.1 Å². The molecular formula is C17H14ClFN4O3S2. The normalized spacial score (nSPS) is 11.4. The fraction of sp³-hybridized carbons (Fsp3) is 0.118. The van der Waals surface area contributed by atoms with Crippen molar-refractivity contribution in [2.45, 2.75) is 18.0 Å². The highest BCUT2D eigenvalue weighted by molar-refractivity contribution is 7.89. The first-order valence-corrected chi connectivity index (χ1v) is 10.7. The highest BCUT2D eigenvalue weighted by Crippen LogP contribution is 2.19. The van der Waals surface area contributed by atoms with E-state index < -0.39 is 15.8 Å². The molecule has 1 amide bonds. The van der Waals surface area contributed by atoms with Crippen LogP contribution in [0.25, 0.3) is 0 Å². The number of aromatic nitrogens is 2. The molecule has 7 nitrogen and oxygen atoms in total. The van der Waals surface area contributed by atoms with Crippen molar-refractivity contribution in [3.05, 3.63) is 74.9 Å². The zero-order chi connectivity index (χ0) is 20.1. The van der Waals surface area contributed by atoms with Gasteiger partial charge in [-0.1, -0.05) is 17.7 Å². The van der Waals surface area contributed by atoms with Crippen LogP contribution in [0.15, 0.2) is 52.7 Å². The Morgan fingerprint density at radius 3 is 2.61 bits per heavy atom. The topological polar surface area (TPSA) is 101 Å². The molecule has 1 aromatic carbocycles. The maximum Gasteiger partial charge on any atom is 0.272 e. The Morgan fingerprint density at radius 1 is 1.14 bits per heavy atom. The van der Waals surface area contributed by atoms with Crippen LogP contribution in [0.5, 0.6) is 0 Å². The van der Waals surface area contributed by atoms with Crippen molar-refractivity contribution in [3.63, 3.8) is 0 Å². The molecule has 0 bridgehead atoms. The summed E-state index contributed by atoms with van der Waals surface area (Å²) in [5, 5.41) is 12.0. The third kappa shape index (κ3) is 5.10. The van der Waals surface area contributed by atoms with E-state index in [1.165, 1.54) is 23.5 Å². The minimum atomic E-state index is -3.90. The molecule has 0 aliphatic heterocycles. The van der Waals surface area contributed by atoms with E-state index in [1.807, 2.05) is 17.5 Å². The predicted molar refractivity (Wildman–Crippen MR) is 103 cm³/mol. The summed E-state index contributed by atoms with van der Waals surface area (Å²) in [7, 11) is -3.90. The van der Waals surface area contributed by atoms with Gasteiger partial charge in [-0.2, -0.15) is 5.10 Å². The zero-order valence-electron chi connectivity index (χ0n) is 14.2. The SMILES string of the molecule is O=C(NCc1cccs1)c1ccc(CNS(=O)(=O)c2ccc(F)c(Cl)c2)nn1. The Morgan fingerprint density at radius 2 is 1.96 bits per heavy atom. The number of rotatable bonds is 7. The summed E-state index contributed by atoms with van der Waals surface area (Å²) in [6.45, 7) is 0.237. The van der Waals surface area contributed by atoms with Gasteiger partial charge >= 0.3 is 0 Å². The number of hydrogen-bond acceptors (Lipinski definition) is 6. The third-order valence-electron chi connectivity index (χ3n) is 3.60. The Kier molecular flexibility index (Phi) is 6.35. The van der Waals surface area contributed by atoms with Crippen LogP contribution in [0.1, 0.15) is 21.1 Å². The molecule has 0 unspecified atom stereocenters. The molecule has 2 aromatic heterocycles. The molecule has 146 valence electrons. The molecular weight excluding hydrogens is 427 g/mol. The number of carbonyl (C=O) groups excluding carboxylic acids is 1. The van der Waals surface area contributed by atoms with Gasteiger partial charge in [0.2, 0.25) is 10.0 Å². The van der Waals surface area contributed by atoms with E-state index in [0.717, 1.165) is 23.1 Å². The average Bonchev–Trinajstić information content (AvgIpc) is 3.20. The maximum absolute atomic E-state index is 13.2. The molecule has 3 aromatic rings. The first kappa shape index (κ1) is 20.3. The monoisotopic (exact) mass is 440 g/mol. The van der Waals surface area contributed by atoms with Gasteiger partial charge < -0.3 is 5.32 Å². The first-order chi connectivity index (χ1) is 13.3. The van der Waals surface area contributed by atoms with Crippen LogP contribution in [0.3, 0.4) is 0 Å². The number of carbonyl (C=O) groups is 1. The third-order valence-corrected chi connectivity index (χ3v) is 6.17. The molecule has 0 atom stereocenters. The molecule has 28 heavy (non-hydrogen) atoms. The molecule has 2 N–H and O–H groups in total. The van der Waals surface area contributed by atoms with Gasteiger partial charge in [-0.05, 0) is 41.8 Å². The van der Waals surface area contributed by atoms with E-state index in [9.17, 15) is 17.6 Å². The van der Waals surface area contributed by atoms with Crippen LogP contribution in [-0.2, 0) is 23.1 Å². The van der Waals surface area contributed by atoms with Crippen molar-refractivity contribution >= 4 is 38.9 Å². The lowest BCUT2D eigenvalue weighted by atomic mass is 10.3. The van der Waals surface area contributed by atoms with Crippen LogP contribution < -0.4 is 10.0 Å². The second-order valence-corrected chi connectivity index (χ2v) is 8.78. The predicted octanol–water partition coefficient (Wildman–Crippen LogP) is 2.74. The number of thiophene rings is 1. The summed E-state index contributed by atoms with van der Waals surface area (Å²) in [6, 6.07) is 9.84. The highest BCUT2D eigenvalue weighted by Gasteiger charge is 2.16. The number of nitrogens with one attached hydrogen (secondary N) is 2. The molecule has 0 saturated carbocycles. The molecule has 0 aliphatic carbocycles. The van der Waals surface area contributed by atoms with Gasteiger partial charge in [0.25, 0.3) is 5.91 Å². The van der Waals surface area contributed by atoms with Gasteiger partial charge in [0, 0.05) is 4.88 Å². The fourth-order valence-electron chi connectivity index (χ4n) is 2.14. The average molecular weight is 441 g/mol. The van der Waals surface area contributed by atoms with E-state index in [0.29, 0.717) is 12.2 Å². The van der Waals surface area contributed by atoms with Gasteiger partial charge in [0.15, 0.2) is 5.69 Å². The van der Waals surface area contributed by atoms with Gasteiger partial charge in [-0.15, -0.1) is 16.4 Å². The van der Waals surface area contributed by atoms with Crippen LogP contribution in [-0.4, -0.2) is 24.5 Å². The second-order valence-electron chi connectivity index (χ2n) is 5.57. The summed E-state index contributed by atoms with van der Waals surface area (Å²) in [4.78, 5) is 12.9. The van der Waals surface area contributed by atoms with E-state index >= 15 is 0 Å². The molecule has 2 heterocycles. The van der Waals surface area contributed by atoms with Crippen LogP contribution in [0, 0.1) is 5.82 Å². The number of benzene rings is 1. The Hall–Kier alpha value is -2.40. The molecule has 0 spiro atoms. The molecule has 3 rings (SSSR count). The number of amides is 1. The summed E-state index contributed by atoms with van der Waals surface area (Å²) in [5.41, 5.74) is 0.431. The first-order valence-electron chi connectivity index (χ1n) is 7.93. The van der Waals surface area contributed by atoms with Gasteiger partial charge in [0.1, 0.15) is 5.82 Å². The van der Waals surface area contributed by atoms with Gasteiger partial charge in [-0.25, -0.2) is 17.5 Å². The largest absolute Gasteiger partial charge is 0.346 e. The van der Waals surface area contributed by atoms with Gasteiger partial charge in [0.05, 0.1) is 28.7 Å². The minimum absolute atomic E-state index is 0.119. The van der Waals surface area contributed by atoms with Crippen molar-refractivity contribution in [2.75, 3.05) is 0 Å². The minimum Gasteiger partial charge on any atom is -0.346 e. The summed E-state index contributed by atoms with van der Waals surface area (Å²) >= 11 is 7.14. The summed E-state index contributed by atoms with van der Waals surface area (Å²) < 4.78 is 40.0.